The molecule has 0 unspecified atom stereocenters. The quantitative estimate of drug-likeness (QED) is 0.0306. The summed E-state index contributed by atoms with van der Waals surface area (Å²) in [4.78, 5) is 72.6. The minimum Gasteiger partial charge on any atom is -0.478 e. The lowest BCUT2D eigenvalue weighted by Gasteiger charge is -2.19. The molecule has 6 atom stereocenters. The Kier molecular flexibility index (Phi) is 18.4. The van der Waals surface area contributed by atoms with Gasteiger partial charge >= 0.3 is 23.9 Å². The number of hydrogen-bond acceptors (Lipinski definition) is 10. The van der Waals surface area contributed by atoms with Crippen LogP contribution in [0, 0.1) is 11.8 Å². The van der Waals surface area contributed by atoms with Gasteiger partial charge in [0.2, 0.25) is 11.8 Å². The number of allylic oxidation sites excluding steroid dienone is 2. The summed E-state index contributed by atoms with van der Waals surface area (Å²) in [5, 5.41) is 24.7. The number of nitrogens with one attached hydrogen (secondary N) is 2. The minimum atomic E-state index is -1.01. The summed E-state index contributed by atoms with van der Waals surface area (Å²) >= 11 is 0. The van der Waals surface area contributed by atoms with Crippen LogP contribution in [-0.4, -0.2) is 95.6 Å². The summed E-state index contributed by atoms with van der Waals surface area (Å²) in [5.41, 5.74) is 1.70. The average molecular weight is 827 g/mol. The lowest BCUT2D eigenvalue weighted by atomic mass is 9.84. The van der Waals surface area contributed by atoms with Crippen LogP contribution in [0.1, 0.15) is 136 Å². The van der Waals surface area contributed by atoms with Gasteiger partial charge in [0.25, 0.3) is 0 Å². The van der Waals surface area contributed by atoms with E-state index in [-0.39, 0.29) is 97.1 Å². The van der Waals surface area contributed by atoms with E-state index in [1.165, 1.54) is 0 Å². The fraction of sp³-hybridized carbons (Fsp3) is 0.689. The standard InChI is InChI=1S/C45H66N2O12/c1-30(42(52)53)34-16-14-32(12-10-22-44(3)36(26-34)58-44)28-56-40(50)20-18-38(48)46-24-8-6-5-7-9-25-47-39(49)19-21-41(51)57-29-33-13-11-23-45(4)37(59-45)27-35(17-15-33)31(2)43(54)55/h12-13,34-37H,1-2,5-11,14-29H2,3-4H3,(H,46,48)(H,47,49)(H,52,53)(H,54,55)/b32-12+,33-13+/t34-,35-,36+,37+,44-,45-/m1/s1. The highest BCUT2D eigenvalue weighted by molar-refractivity contribution is 5.87. The Morgan fingerprint density at radius 1 is 0.661 bits per heavy atom. The monoisotopic (exact) mass is 826 g/mol. The number of unbranched alkanes of at least 4 members (excludes halogenated alkanes) is 4. The van der Waals surface area contributed by atoms with Gasteiger partial charge in [-0.15, -0.1) is 0 Å². The molecule has 328 valence electrons. The van der Waals surface area contributed by atoms with Crippen LogP contribution in [-0.2, 0) is 47.7 Å². The first-order valence-corrected chi connectivity index (χ1v) is 21.5. The van der Waals surface area contributed by atoms with Crippen LogP contribution in [0.5, 0.6) is 0 Å². The van der Waals surface area contributed by atoms with E-state index in [0.29, 0.717) is 51.6 Å². The Bertz CT molecular complexity index is 1500. The van der Waals surface area contributed by atoms with E-state index >= 15 is 0 Å². The summed E-state index contributed by atoms with van der Waals surface area (Å²) in [6, 6.07) is 0. The number of rotatable bonds is 22. The van der Waals surface area contributed by atoms with E-state index in [2.05, 4.69) is 35.9 Å². The predicted molar refractivity (Wildman–Crippen MR) is 219 cm³/mol. The highest BCUT2D eigenvalue weighted by atomic mass is 16.6. The number of carboxylic acids is 2. The van der Waals surface area contributed by atoms with E-state index in [9.17, 15) is 39.0 Å². The zero-order valence-electron chi connectivity index (χ0n) is 35.1. The SMILES string of the molecule is C=C(C(=O)O)[C@@H]1CC/C(COC(=O)CCC(=O)NCCCCCCCNC(=O)CCC(=O)OC/C2=C/CC[C@@]3(C)O[C@H]3C[C@H](C(=C)C(=O)O)CC2)=C\CC[C@@]2(C)O[C@H]2C1. The third-order valence-electron chi connectivity index (χ3n) is 12.3. The van der Waals surface area contributed by atoms with Gasteiger partial charge < -0.3 is 39.8 Å². The number of fused-ring (bicyclic) bond motifs is 2. The molecule has 2 amide bonds. The van der Waals surface area contributed by atoms with Crippen molar-refractivity contribution in [2.75, 3.05) is 26.3 Å². The van der Waals surface area contributed by atoms with E-state index in [1.54, 1.807) is 0 Å². The molecule has 59 heavy (non-hydrogen) atoms. The summed E-state index contributed by atoms with van der Waals surface area (Å²) in [6.07, 6.45) is 15.3. The zero-order valence-corrected chi connectivity index (χ0v) is 35.1. The van der Waals surface area contributed by atoms with Crippen molar-refractivity contribution in [3.05, 3.63) is 47.6 Å². The fourth-order valence-electron chi connectivity index (χ4n) is 8.00. The first kappa shape index (κ1) is 47.4. The molecule has 0 aromatic heterocycles. The number of esters is 2. The maximum atomic E-state index is 12.4. The van der Waals surface area contributed by atoms with Crippen LogP contribution in [0.3, 0.4) is 0 Å². The Morgan fingerprint density at radius 2 is 1.05 bits per heavy atom. The fourth-order valence-corrected chi connectivity index (χ4v) is 8.00. The summed E-state index contributed by atoms with van der Waals surface area (Å²) in [6.45, 7) is 12.9. The zero-order chi connectivity index (χ0) is 43.0. The molecule has 4 N–H and O–H groups in total. The van der Waals surface area contributed by atoms with Gasteiger partial charge in [-0.25, -0.2) is 9.59 Å². The van der Waals surface area contributed by atoms with Crippen molar-refractivity contribution in [1.82, 2.24) is 10.6 Å². The molecule has 14 heteroatoms. The van der Waals surface area contributed by atoms with Crippen molar-refractivity contribution in [3.63, 3.8) is 0 Å². The Morgan fingerprint density at radius 3 is 1.44 bits per heavy atom. The van der Waals surface area contributed by atoms with Gasteiger partial charge in [-0.3, -0.25) is 19.2 Å². The smallest absolute Gasteiger partial charge is 0.331 e. The summed E-state index contributed by atoms with van der Waals surface area (Å²) < 4.78 is 22.7. The lowest BCUT2D eigenvalue weighted by Crippen LogP contribution is -2.25. The van der Waals surface area contributed by atoms with Crippen molar-refractivity contribution in [1.29, 1.82) is 0 Å². The first-order chi connectivity index (χ1) is 28.1. The van der Waals surface area contributed by atoms with Gasteiger partial charge in [-0.05, 0) is 114 Å². The van der Waals surface area contributed by atoms with Crippen LogP contribution >= 0.6 is 0 Å². The first-order valence-electron chi connectivity index (χ1n) is 21.5. The Labute approximate surface area is 348 Å². The molecule has 2 heterocycles. The number of epoxide rings is 2. The molecule has 0 bridgehead atoms. The van der Waals surface area contributed by atoms with Crippen LogP contribution < -0.4 is 10.6 Å². The number of carbonyl (C=O) groups excluding carboxylic acids is 4. The van der Waals surface area contributed by atoms with Crippen molar-refractivity contribution in [2.45, 2.75) is 159 Å². The molecular weight excluding hydrogens is 760 g/mol. The van der Waals surface area contributed by atoms with Crippen molar-refractivity contribution in [3.8, 4) is 0 Å². The number of carbonyl (C=O) groups is 6. The van der Waals surface area contributed by atoms with E-state index in [4.69, 9.17) is 18.9 Å². The lowest BCUT2D eigenvalue weighted by molar-refractivity contribution is -0.144. The number of ether oxygens (including phenoxy) is 4. The molecule has 0 radical (unpaired) electrons. The second kappa shape index (κ2) is 22.9. The Balaban J connectivity index is 0.982. The van der Waals surface area contributed by atoms with Crippen molar-refractivity contribution in [2.24, 2.45) is 11.8 Å². The van der Waals surface area contributed by atoms with Gasteiger partial charge in [-0.2, -0.15) is 0 Å². The molecule has 4 rings (SSSR count). The van der Waals surface area contributed by atoms with Gasteiger partial charge in [0.1, 0.15) is 13.2 Å². The molecule has 2 aliphatic heterocycles. The van der Waals surface area contributed by atoms with E-state index < -0.39 is 23.9 Å². The number of aliphatic carboxylic acids is 2. The minimum absolute atomic E-state index is 0.0261. The Hall–Kier alpha value is -4.30. The molecule has 0 spiro atoms. The molecule has 14 nitrogen and oxygen atoms in total. The molecule has 0 aromatic rings. The van der Waals surface area contributed by atoms with Crippen LogP contribution in [0.4, 0.5) is 0 Å². The highest BCUT2D eigenvalue weighted by Crippen LogP contribution is 2.47. The van der Waals surface area contributed by atoms with Crippen LogP contribution in [0.15, 0.2) is 47.6 Å². The van der Waals surface area contributed by atoms with Crippen molar-refractivity contribution >= 4 is 35.7 Å². The van der Waals surface area contributed by atoms with Gasteiger partial charge in [0.15, 0.2) is 0 Å². The normalized spacial score (nSPS) is 28.3. The summed E-state index contributed by atoms with van der Waals surface area (Å²) in [7, 11) is 0. The van der Waals surface area contributed by atoms with Crippen molar-refractivity contribution < 1.29 is 57.9 Å². The topological polar surface area (TPSA) is 210 Å². The molecule has 2 saturated heterocycles. The van der Waals surface area contributed by atoms with Gasteiger partial charge in [-0.1, -0.05) is 44.6 Å². The molecule has 0 saturated carbocycles. The molecule has 2 aliphatic carbocycles. The van der Waals surface area contributed by atoms with Crippen LogP contribution in [0.25, 0.3) is 0 Å². The molecule has 0 aromatic carbocycles. The number of hydrogen-bond donors (Lipinski definition) is 4. The van der Waals surface area contributed by atoms with Gasteiger partial charge in [0, 0.05) is 37.1 Å². The molecular formula is C45H66N2O12. The third-order valence-corrected chi connectivity index (χ3v) is 12.3. The van der Waals surface area contributed by atoms with Gasteiger partial charge in [0.05, 0.1) is 36.3 Å². The molecule has 4 aliphatic rings. The average Bonchev–Trinajstić information content (AvgIpc) is 4.06. The number of carboxylic acid groups (broad SMARTS) is 2. The van der Waals surface area contributed by atoms with E-state index in [1.807, 2.05) is 13.8 Å². The summed E-state index contributed by atoms with van der Waals surface area (Å²) in [5.74, 6) is -3.79. The maximum absolute atomic E-state index is 12.4. The maximum Gasteiger partial charge on any atom is 0.331 e. The second-order valence-electron chi connectivity index (χ2n) is 17.0. The van der Waals surface area contributed by atoms with Crippen LogP contribution in [0.2, 0.25) is 0 Å². The third kappa shape index (κ3) is 16.3. The highest BCUT2D eigenvalue weighted by Gasteiger charge is 2.53. The predicted octanol–water partition coefficient (Wildman–Crippen LogP) is 6.43. The largest absolute Gasteiger partial charge is 0.478 e. The van der Waals surface area contributed by atoms with E-state index in [0.717, 1.165) is 68.9 Å². The molecule has 2 fully saturated rings. The second-order valence-corrected chi connectivity index (χ2v) is 17.0. The number of amides is 2.